The molecular formula is C25H24N8O6. The van der Waals surface area contributed by atoms with E-state index in [9.17, 15) is 14.4 Å². The first kappa shape index (κ1) is 25.8. The van der Waals surface area contributed by atoms with Gasteiger partial charge in [-0.25, -0.2) is 9.98 Å². The number of nitrogens with one attached hydrogen (secondary N) is 1. The van der Waals surface area contributed by atoms with Gasteiger partial charge in [0.05, 0.1) is 11.2 Å². The summed E-state index contributed by atoms with van der Waals surface area (Å²) in [7, 11) is 0. The summed E-state index contributed by atoms with van der Waals surface area (Å²) in [4.78, 5) is 56.0. The third-order valence-corrected chi connectivity index (χ3v) is 6.06. The van der Waals surface area contributed by atoms with Crippen molar-refractivity contribution in [1.82, 2.24) is 24.5 Å². The second-order valence-electron chi connectivity index (χ2n) is 8.70. The number of benzene rings is 1. The SMILES string of the molecule is C=Nc1nc2c(nc(N=Nc3ccc4ncccc4c3)n2[C@@H]2O[C@H](CC)[C@H](OC(C)=O)C2OC(C)=O)c(=O)[nH]1. The highest BCUT2D eigenvalue weighted by atomic mass is 16.6. The van der Waals surface area contributed by atoms with Gasteiger partial charge in [-0.15, -0.1) is 10.2 Å². The third kappa shape index (κ3) is 5.01. The fourth-order valence-electron chi connectivity index (χ4n) is 4.46. The number of hydrogen-bond donors (Lipinski definition) is 1. The number of fused-ring (bicyclic) bond motifs is 2. The molecule has 4 atom stereocenters. The van der Waals surface area contributed by atoms with E-state index >= 15 is 0 Å². The number of rotatable bonds is 7. The number of ether oxygens (including phenoxy) is 3. The van der Waals surface area contributed by atoms with Crippen molar-refractivity contribution in [3.63, 3.8) is 0 Å². The monoisotopic (exact) mass is 532 g/mol. The van der Waals surface area contributed by atoms with Crippen molar-refractivity contribution >= 4 is 58.3 Å². The number of carbonyl (C=O) groups is 2. The van der Waals surface area contributed by atoms with Crippen LogP contribution in [0.5, 0.6) is 0 Å². The Bertz CT molecular complexity index is 1680. The smallest absolute Gasteiger partial charge is 0.303 e. The topological polar surface area (TPSA) is 175 Å². The molecule has 3 aromatic heterocycles. The van der Waals surface area contributed by atoms with Crippen molar-refractivity contribution in [2.24, 2.45) is 15.2 Å². The molecular weight excluding hydrogens is 508 g/mol. The van der Waals surface area contributed by atoms with Crippen LogP contribution in [0, 0.1) is 0 Å². The van der Waals surface area contributed by atoms with Crippen molar-refractivity contribution in [3.05, 3.63) is 46.9 Å². The zero-order valence-electron chi connectivity index (χ0n) is 21.3. The number of H-pyrrole nitrogens is 1. The minimum Gasteiger partial charge on any atom is -0.456 e. The first-order valence-corrected chi connectivity index (χ1v) is 12.0. The molecule has 1 aromatic carbocycles. The van der Waals surface area contributed by atoms with Gasteiger partial charge in [-0.05, 0) is 37.4 Å². The summed E-state index contributed by atoms with van der Waals surface area (Å²) in [6.45, 7) is 7.73. The minimum absolute atomic E-state index is 0.0401. The van der Waals surface area contributed by atoms with Crippen molar-refractivity contribution in [2.75, 3.05) is 0 Å². The molecule has 14 heteroatoms. The Morgan fingerprint density at radius 1 is 1.13 bits per heavy atom. The first-order valence-electron chi connectivity index (χ1n) is 12.0. The Hall–Kier alpha value is -4.85. The lowest BCUT2D eigenvalue weighted by molar-refractivity contribution is -0.165. The maximum Gasteiger partial charge on any atom is 0.303 e. The molecule has 0 amide bonds. The lowest BCUT2D eigenvalue weighted by Crippen LogP contribution is -2.38. The number of imidazole rings is 1. The standard InChI is InChI=1S/C25H24N8O6/c1-5-17-19(37-12(2)34)20(38-13(3)35)23(39-17)33-21-18(22(36)30-24(26-4)29-21)28-25(33)32-31-15-8-9-16-14(11-15)7-6-10-27-16/h6-11,17,19-20,23H,4-5H2,1-3H3,(H,29,30,36)/t17-,19+,20?,23-/m1/s1. The summed E-state index contributed by atoms with van der Waals surface area (Å²) in [5.41, 5.74) is 0.651. The van der Waals surface area contributed by atoms with Gasteiger partial charge < -0.3 is 14.2 Å². The summed E-state index contributed by atoms with van der Waals surface area (Å²) in [5.74, 6) is -1.33. The van der Waals surface area contributed by atoms with Crippen molar-refractivity contribution < 1.29 is 23.8 Å². The fraction of sp³-hybridized carbons (Fsp3) is 0.320. The number of aromatic nitrogens is 5. The number of azo groups is 1. The highest BCUT2D eigenvalue weighted by Crippen LogP contribution is 2.39. The molecule has 5 rings (SSSR count). The Labute approximate surface area is 220 Å². The molecule has 0 bridgehead atoms. The minimum atomic E-state index is -1.12. The number of carbonyl (C=O) groups excluding carboxylic acids is 2. The van der Waals surface area contributed by atoms with Crippen LogP contribution in [0.3, 0.4) is 0 Å². The van der Waals surface area contributed by atoms with Gasteiger partial charge in [-0.1, -0.05) is 13.0 Å². The molecule has 0 saturated carbocycles. The van der Waals surface area contributed by atoms with E-state index in [-0.39, 0.29) is 23.1 Å². The number of hydrogen-bond acceptors (Lipinski definition) is 12. The molecule has 1 unspecified atom stereocenters. The largest absolute Gasteiger partial charge is 0.456 e. The predicted octanol–water partition coefficient (Wildman–Crippen LogP) is 3.59. The van der Waals surface area contributed by atoms with E-state index < -0.39 is 42.0 Å². The van der Waals surface area contributed by atoms with Gasteiger partial charge in [-0.3, -0.25) is 28.9 Å². The van der Waals surface area contributed by atoms with Gasteiger partial charge in [0.15, 0.2) is 29.6 Å². The summed E-state index contributed by atoms with van der Waals surface area (Å²) >= 11 is 0. The average Bonchev–Trinajstić information content (AvgIpc) is 3.44. The molecule has 14 nitrogen and oxygen atoms in total. The van der Waals surface area contributed by atoms with Crippen molar-refractivity contribution in [2.45, 2.75) is 51.7 Å². The quantitative estimate of drug-likeness (QED) is 0.212. The van der Waals surface area contributed by atoms with Gasteiger partial charge in [-0.2, -0.15) is 4.98 Å². The molecule has 1 aliphatic heterocycles. The van der Waals surface area contributed by atoms with E-state index in [4.69, 9.17) is 14.2 Å². The highest BCUT2D eigenvalue weighted by molar-refractivity contribution is 5.81. The van der Waals surface area contributed by atoms with Crippen LogP contribution in [-0.2, 0) is 23.8 Å². The summed E-state index contributed by atoms with van der Waals surface area (Å²) < 4.78 is 18.7. The van der Waals surface area contributed by atoms with Gasteiger partial charge in [0.2, 0.25) is 5.95 Å². The lowest BCUT2D eigenvalue weighted by atomic mass is 10.1. The van der Waals surface area contributed by atoms with Crippen LogP contribution in [0.2, 0.25) is 0 Å². The van der Waals surface area contributed by atoms with Gasteiger partial charge in [0, 0.05) is 25.4 Å². The van der Waals surface area contributed by atoms with Crippen LogP contribution in [-0.4, -0.2) is 61.5 Å². The maximum absolute atomic E-state index is 12.8. The van der Waals surface area contributed by atoms with Crippen LogP contribution >= 0.6 is 0 Å². The number of aliphatic imine (C=N–C) groups is 1. The highest BCUT2D eigenvalue weighted by Gasteiger charge is 2.50. The second-order valence-corrected chi connectivity index (χ2v) is 8.70. The van der Waals surface area contributed by atoms with E-state index in [1.54, 1.807) is 24.4 Å². The van der Waals surface area contributed by atoms with Crippen LogP contribution in [0.4, 0.5) is 17.6 Å². The molecule has 1 aliphatic rings. The van der Waals surface area contributed by atoms with Gasteiger partial charge in [0.25, 0.3) is 11.5 Å². The van der Waals surface area contributed by atoms with Crippen LogP contribution in [0.1, 0.15) is 33.4 Å². The molecule has 4 aromatic rings. The summed E-state index contributed by atoms with van der Waals surface area (Å²) in [5, 5.41) is 9.46. The molecule has 4 heterocycles. The lowest BCUT2D eigenvalue weighted by Gasteiger charge is -2.24. The predicted molar refractivity (Wildman–Crippen MR) is 139 cm³/mol. The Kier molecular flexibility index (Phi) is 6.94. The molecule has 0 aliphatic carbocycles. The molecule has 1 saturated heterocycles. The maximum atomic E-state index is 12.8. The second kappa shape index (κ2) is 10.5. The molecule has 200 valence electrons. The van der Waals surface area contributed by atoms with Crippen LogP contribution in [0.15, 0.2) is 56.5 Å². The normalized spacial score (nSPS) is 21.0. The van der Waals surface area contributed by atoms with E-state index in [0.717, 1.165) is 10.9 Å². The van der Waals surface area contributed by atoms with E-state index in [0.29, 0.717) is 12.1 Å². The van der Waals surface area contributed by atoms with Crippen molar-refractivity contribution in [1.29, 1.82) is 0 Å². The molecule has 1 N–H and O–H groups in total. The third-order valence-electron chi connectivity index (χ3n) is 6.06. The Morgan fingerprint density at radius 3 is 2.62 bits per heavy atom. The number of aromatic amines is 1. The van der Waals surface area contributed by atoms with Gasteiger partial charge >= 0.3 is 11.9 Å². The van der Waals surface area contributed by atoms with Crippen molar-refractivity contribution in [3.8, 4) is 0 Å². The average molecular weight is 533 g/mol. The van der Waals surface area contributed by atoms with Gasteiger partial charge in [0.1, 0.15) is 6.10 Å². The number of nitrogens with zero attached hydrogens (tertiary/aromatic N) is 7. The van der Waals surface area contributed by atoms with Crippen LogP contribution in [0.25, 0.3) is 22.1 Å². The number of esters is 2. The Balaban J connectivity index is 1.67. The fourth-order valence-corrected chi connectivity index (χ4v) is 4.46. The molecule has 0 radical (unpaired) electrons. The number of pyridine rings is 1. The van der Waals surface area contributed by atoms with E-state index in [1.807, 2.05) is 19.1 Å². The molecule has 1 fully saturated rings. The molecule has 0 spiro atoms. The summed E-state index contributed by atoms with van der Waals surface area (Å²) in [6, 6.07) is 9.02. The Morgan fingerprint density at radius 2 is 1.90 bits per heavy atom. The van der Waals surface area contributed by atoms with E-state index in [2.05, 4.69) is 41.9 Å². The van der Waals surface area contributed by atoms with Crippen LogP contribution < -0.4 is 5.56 Å². The summed E-state index contributed by atoms with van der Waals surface area (Å²) in [6.07, 6.45) is -1.68. The first-order chi connectivity index (χ1) is 18.8. The molecule has 39 heavy (non-hydrogen) atoms. The van der Waals surface area contributed by atoms with E-state index in [1.165, 1.54) is 18.4 Å². The zero-order chi connectivity index (χ0) is 27.7. The zero-order valence-corrected chi connectivity index (χ0v) is 21.3.